The van der Waals surface area contributed by atoms with E-state index in [2.05, 4.69) is 5.32 Å². The van der Waals surface area contributed by atoms with E-state index >= 15 is 0 Å². The third-order valence-electron chi connectivity index (χ3n) is 3.00. The molecule has 2 aromatic carbocycles. The van der Waals surface area contributed by atoms with Gasteiger partial charge in [-0.1, -0.05) is 36.0 Å². The first kappa shape index (κ1) is 13.2. The Bertz CT molecular complexity index is 643. The molecule has 0 atom stereocenters. The summed E-state index contributed by atoms with van der Waals surface area (Å²) in [6.45, 7) is 0.925. The van der Waals surface area contributed by atoms with Crippen molar-refractivity contribution in [1.29, 1.82) is 0 Å². The molecule has 0 unspecified atom stereocenters. The van der Waals surface area contributed by atoms with Crippen LogP contribution in [0.2, 0.25) is 5.02 Å². The van der Waals surface area contributed by atoms with Crippen LogP contribution in [0, 0.1) is 0 Å². The average molecular weight is 306 g/mol. The zero-order chi connectivity index (χ0) is 13.9. The topological polar surface area (TPSA) is 30.5 Å². The first-order valence-corrected chi connectivity index (χ1v) is 6.93. The van der Waals surface area contributed by atoms with Gasteiger partial charge in [-0.05, 0) is 35.9 Å². The lowest BCUT2D eigenvalue weighted by molar-refractivity contribution is 0.174. The molecule has 1 aliphatic rings. The molecule has 20 heavy (non-hydrogen) atoms. The van der Waals surface area contributed by atoms with Crippen LogP contribution in [0.3, 0.4) is 0 Å². The van der Waals surface area contributed by atoms with Gasteiger partial charge in [-0.15, -0.1) is 0 Å². The van der Waals surface area contributed by atoms with Gasteiger partial charge >= 0.3 is 0 Å². The molecule has 1 N–H and O–H groups in total. The molecule has 0 spiro atoms. The number of benzene rings is 2. The zero-order valence-electron chi connectivity index (χ0n) is 10.6. The molecule has 0 bridgehead atoms. The molecule has 0 amide bonds. The minimum atomic E-state index is 0.268. The van der Waals surface area contributed by atoms with E-state index in [9.17, 15) is 0 Å². The summed E-state index contributed by atoms with van der Waals surface area (Å²) in [6, 6.07) is 13.3. The lowest BCUT2D eigenvalue weighted by Gasteiger charge is -2.09. The highest BCUT2D eigenvalue weighted by Gasteiger charge is 2.14. The Balaban J connectivity index is 1.66. The first-order chi connectivity index (χ1) is 9.72. The summed E-state index contributed by atoms with van der Waals surface area (Å²) < 4.78 is 10.6. The molecule has 2 aromatic rings. The number of fused-ring (bicyclic) bond motifs is 1. The maximum absolute atomic E-state index is 5.85. The van der Waals surface area contributed by atoms with Crippen molar-refractivity contribution in [3.8, 4) is 11.5 Å². The second kappa shape index (κ2) is 5.69. The van der Waals surface area contributed by atoms with Gasteiger partial charge in [0.15, 0.2) is 11.5 Å². The van der Waals surface area contributed by atoms with E-state index < -0.39 is 0 Å². The molecule has 0 aromatic heterocycles. The fraction of sp³-hybridized carbons (Fsp3) is 0.133. The minimum Gasteiger partial charge on any atom is -0.454 e. The molecule has 3 rings (SSSR count). The Morgan fingerprint density at radius 1 is 1.10 bits per heavy atom. The lowest BCUT2D eigenvalue weighted by atomic mass is 10.2. The molecule has 0 radical (unpaired) electrons. The highest BCUT2D eigenvalue weighted by molar-refractivity contribution is 7.80. The number of ether oxygens (including phenoxy) is 2. The van der Waals surface area contributed by atoms with Gasteiger partial charge in [0, 0.05) is 17.1 Å². The summed E-state index contributed by atoms with van der Waals surface area (Å²) in [5, 5.41) is 3.95. The fourth-order valence-corrected chi connectivity index (χ4v) is 2.25. The quantitative estimate of drug-likeness (QED) is 0.879. The van der Waals surface area contributed by atoms with Crippen molar-refractivity contribution in [2.75, 3.05) is 6.79 Å². The second-order valence-electron chi connectivity index (χ2n) is 4.38. The monoisotopic (exact) mass is 305 g/mol. The molecule has 102 valence electrons. The summed E-state index contributed by atoms with van der Waals surface area (Å²) in [5.74, 6) is 1.49. The van der Waals surface area contributed by atoms with E-state index in [-0.39, 0.29) is 6.79 Å². The fourth-order valence-electron chi connectivity index (χ4n) is 1.92. The van der Waals surface area contributed by atoms with Crippen LogP contribution in [0.5, 0.6) is 11.5 Å². The third kappa shape index (κ3) is 2.86. The van der Waals surface area contributed by atoms with Crippen LogP contribution < -0.4 is 14.8 Å². The lowest BCUT2D eigenvalue weighted by Crippen LogP contribution is -2.21. The van der Waals surface area contributed by atoms with E-state index in [0.29, 0.717) is 11.5 Å². The van der Waals surface area contributed by atoms with Gasteiger partial charge in [0.05, 0.1) is 0 Å². The van der Waals surface area contributed by atoms with Crippen LogP contribution in [0.15, 0.2) is 42.5 Å². The van der Waals surface area contributed by atoms with Crippen molar-refractivity contribution in [2.45, 2.75) is 6.54 Å². The van der Waals surface area contributed by atoms with Crippen molar-refractivity contribution in [3.05, 3.63) is 58.6 Å². The number of rotatable bonds is 3. The SMILES string of the molecule is S=C(NCc1ccc(Cl)cc1)c1ccc2c(c1)OCO2. The van der Waals surface area contributed by atoms with Gasteiger partial charge in [-0.2, -0.15) is 0 Å². The van der Waals surface area contributed by atoms with Gasteiger partial charge in [0.2, 0.25) is 6.79 Å². The van der Waals surface area contributed by atoms with E-state index in [1.807, 2.05) is 42.5 Å². The smallest absolute Gasteiger partial charge is 0.231 e. The molecule has 0 aliphatic carbocycles. The molecule has 0 saturated heterocycles. The Hall–Kier alpha value is -1.78. The van der Waals surface area contributed by atoms with Gasteiger partial charge in [-0.3, -0.25) is 0 Å². The predicted molar refractivity (Wildman–Crippen MR) is 82.6 cm³/mol. The van der Waals surface area contributed by atoms with E-state index in [1.54, 1.807) is 0 Å². The molecular weight excluding hydrogens is 294 g/mol. The van der Waals surface area contributed by atoms with Crippen LogP contribution in [-0.2, 0) is 6.54 Å². The van der Waals surface area contributed by atoms with E-state index in [1.165, 1.54) is 0 Å². The van der Waals surface area contributed by atoms with Crippen molar-refractivity contribution in [2.24, 2.45) is 0 Å². The van der Waals surface area contributed by atoms with Crippen LogP contribution in [0.25, 0.3) is 0 Å². The zero-order valence-corrected chi connectivity index (χ0v) is 12.1. The number of hydrogen-bond acceptors (Lipinski definition) is 3. The van der Waals surface area contributed by atoms with Crippen LogP contribution in [-0.4, -0.2) is 11.8 Å². The third-order valence-corrected chi connectivity index (χ3v) is 3.63. The Labute approximate surface area is 127 Å². The van der Waals surface area contributed by atoms with E-state index in [0.717, 1.165) is 27.6 Å². The van der Waals surface area contributed by atoms with Crippen molar-refractivity contribution in [3.63, 3.8) is 0 Å². The molecule has 0 fully saturated rings. The van der Waals surface area contributed by atoms with Crippen LogP contribution >= 0.6 is 23.8 Å². The van der Waals surface area contributed by atoms with Gasteiger partial charge in [0.1, 0.15) is 4.99 Å². The largest absolute Gasteiger partial charge is 0.454 e. The van der Waals surface area contributed by atoms with Gasteiger partial charge < -0.3 is 14.8 Å². The van der Waals surface area contributed by atoms with Crippen molar-refractivity contribution in [1.82, 2.24) is 5.32 Å². The highest BCUT2D eigenvalue weighted by atomic mass is 35.5. The summed E-state index contributed by atoms with van der Waals surface area (Å²) in [6.07, 6.45) is 0. The van der Waals surface area contributed by atoms with Crippen molar-refractivity contribution < 1.29 is 9.47 Å². The summed E-state index contributed by atoms with van der Waals surface area (Å²) in [7, 11) is 0. The molecule has 5 heteroatoms. The number of halogens is 1. The van der Waals surface area contributed by atoms with Gasteiger partial charge in [-0.25, -0.2) is 0 Å². The highest BCUT2D eigenvalue weighted by Crippen LogP contribution is 2.32. The molecule has 3 nitrogen and oxygen atoms in total. The Kier molecular flexibility index (Phi) is 3.76. The molecule has 1 aliphatic heterocycles. The predicted octanol–water partition coefficient (Wildman–Crippen LogP) is 3.53. The maximum Gasteiger partial charge on any atom is 0.231 e. The average Bonchev–Trinajstić information content (AvgIpc) is 2.93. The van der Waals surface area contributed by atoms with E-state index in [4.69, 9.17) is 33.3 Å². The van der Waals surface area contributed by atoms with Crippen LogP contribution in [0.4, 0.5) is 0 Å². The first-order valence-electron chi connectivity index (χ1n) is 6.15. The number of hydrogen-bond donors (Lipinski definition) is 1. The van der Waals surface area contributed by atoms with Crippen LogP contribution in [0.1, 0.15) is 11.1 Å². The van der Waals surface area contributed by atoms with Crippen molar-refractivity contribution >= 4 is 28.8 Å². The summed E-state index contributed by atoms with van der Waals surface area (Å²) in [4.78, 5) is 0.679. The number of thiocarbonyl (C=S) groups is 1. The normalized spacial score (nSPS) is 12.2. The Morgan fingerprint density at radius 2 is 1.85 bits per heavy atom. The minimum absolute atomic E-state index is 0.268. The standard InChI is InChI=1S/C15H12ClNO2S/c16-12-4-1-10(2-5-12)8-17-15(20)11-3-6-13-14(7-11)19-9-18-13/h1-7H,8-9H2,(H,17,20). The summed E-state index contributed by atoms with van der Waals surface area (Å²) >= 11 is 11.2. The number of nitrogens with one attached hydrogen (secondary N) is 1. The summed E-state index contributed by atoms with van der Waals surface area (Å²) in [5.41, 5.74) is 2.04. The second-order valence-corrected chi connectivity index (χ2v) is 5.22. The van der Waals surface area contributed by atoms with Gasteiger partial charge in [0.25, 0.3) is 0 Å². The maximum atomic E-state index is 5.85. The molecular formula is C15H12ClNO2S. The Morgan fingerprint density at radius 3 is 2.65 bits per heavy atom. The molecule has 1 heterocycles. The molecule has 0 saturated carbocycles.